The number of hydrogen-bond donors (Lipinski definition) is 1. The molecule has 0 saturated heterocycles. The zero-order chi connectivity index (χ0) is 11.5. The summed E-state index contributed by atoms with van der Waals surface area (Å²) in [6.07, 6.45) is 2.94. The first-order valence-corrected chi connectivity index (χ1v) is 6.29. The molecule has 16 heavy (non-hydrogen) atoms. The highest BCUT2D eigenvalue weighted by Crippen LogP contribution is 2.23. The molecule has 3 heteroatoms. The van der Waals surface area contributed by atoms with Gasteiger partial charge in [0.05, 0.1) is 6.04 Å². The molecule has 1 heterocycles. The van der Waals surface area contributed by atoms with Gasteiger partial charge in [-0.2, -0.15) is 0 Å². The standard InChI is InChI=1S/C13H16N2S/c1-3-10-4-6-11(7-5-10)12(14)13-15-8-9(2)16-13/h4-8,12H,3,14H2,1-2H3. The van der Waals surface area contributed by atoms with Crippen molar-refractivity contribution in [3.63, 3.8) is 0 Å². The van der Waals surface area contributed by atoms with Crippen molar-refractivity contribution in [3.05, 3.63) is 51.5 Å². The van der Waals surface area contributed by atoms with E-state index in [4.69, 9.17) is 5.73 Å². The molecule has 1 aromatic carbocycles. The average Bonchev–Trinajstić information content (AvgIpc) is 2.75. The second kappa shape index (κ2) is 4.76. The Hall–Kier alpha value is -1.19. The molecule has 0 aliphatic carbocycles. The van der Waals surface area contributed by atoms with Gasteiger partial charge in [-0.05, 0) is 24.5 Å². The minimum Gasteiger partial charge on any atom is -0.318 e. The molecule has 0 aliphatic rings. The van der Waals surface area contributed by atoms with Crippen molar-refractivity contribution in [2.24, 2.45) is 5.73 Å². The average molecular weight is 232 g/mol. The first-order valence-electron chi connectivity index (χ1n) is 5.47. The van der Waals surface area contributed by atoms with Crippen LogP contribution >= 0.6 is 11.3 Å². The monoisotopic (exact) mass is 232 g/mol. The number of benzene rings is 1. The Bertz CT molecular complexity index is 459. The van der Waals surface area contributed by atoms with Crippen LogP contribution in [0.15, 0.2) is 30.5 Å². The van der Waals surface area contributed by atoms with Gasteiger partial charge in [0.15, 0.2) is 0 Å². The number of aromatic nitrogens is 1. The highest BCUT2D eigenvalue weighted by atomic mass is 32.1. The fraction of sp³-hybridized carbons (Fsp3) is 0.308. The zero-order valence-corrected chi connectivity index (χ0v) is 10.4. The van der Waals surface area contributed by atoms with Crippen LogP contribution in [0.5, 0.6) is 0 Å². The predicted molar refractivity (Wildman–Crippen MR) is 68.7 cm³/mol. The van der Waals surface area contributed by atoms with Gasteiger partial charge in [-0.25, -0.2) is 4.98 Å². The summed E-state index contributed by atoms with van der Waals surface area (Å²) < 4.78 is 0. The summed E-state index contributed by atoms with van der Waals surface area (Å²) in [6, 6.07) is 8.37. The minimum atomic E-state index is -0.0930. The topological polar surface area (TPSA) is 38.9 Å². The molecule has 1 aromatic heterocycles. The van der Waals surface area contributed by atoms with Gasteiger partial charge in [-0.15, -0.1) is 11.3 Å². The number of thiazole rings is 1. The van der Waals surface area contributed by atoms with Crippen molar-refractivity contribution in [2.45, 2.75) is 26.3 Å². The Morgan fingerprint density at radius 1 is 1.31 bits per heavy atom. The van der Waals surface area contributed by atoms with Gasteiger partial charge in [0.25, 0.3) is 0 Å². The Kier molecular flexibility index (Phi) is 3.36. The lowest BCUT2D eigenvalue weighted by molar-refractivity contribution is 0.856. The molecule has 2 rings (SSSR count). The van der Waals surface area contributed by atoms with Crippen molar-refractivity contribution in [1.29, 1.82) is 0 Å². The second-order valence-electron chi connectivity index (χ2n) is 3.88. The maximum absolute atomic E-state index is 6.17. The SMILES string of the molecule is CCc1ccc(C(N)c2ncc(C)s2)cc1. The van der Waals surface area contributed by atoms with E-state index in [1.54, 1.807) is 11.3 Å². The Morgan fingerprint density at radius 2 is 2.00 bits per heavy atom. The Labute approximate surface area is 100 Å². The van der Waals surface area contributed by atoms with Crippen molar-refractivity contribution < 1.29 is 0 Å². The lowest BCUT2D eigenvalue weighted by atomic mass is 10.1. The number of aryl methyl sites for hydroxylation is 2. The molecular formula is C13H16N2S. The fourth-order valence-corrected chi connectivity index (χ4v) is 2.42. The molecule has 0 fully saturated rings. The summed E-state index contributed by atoms with van der Waals surface area (Å²) >= 11 is 1.66. The highest BCUT2D eigenvalue weighted by Gasteiger charge is 2.11. The third-order valence-electron chi connectivity index (χ3n) is 2.65. The molecule has 2 N–H and O–H groups in total. The Morgan fingerprint density at radius 3 is 2.50 bits per heavy atom. The minimum absolute atomic E-state index is 0.0930. The molecule has 0 aliphatic heterocycles. The third-order valence-corrected chi connectivity index (χ3v) is 3.65. The molecule has 0 bridgehead atoms. The molecule has 0 spiro atoms. The van der Waals surface area contributed by atoms with Crippen molar-refractivity contribution in [2.75, 3.05) is 0 Å². The zero-order valence-electron chi connectivity index (χ0n) is 9.60. The largest absolute Gasteiger partial charge is 0.318 e. The van der Waals surface area contributed by atoms with E-state index in [9.17, 15) is 0 Å². The smallest absolute Gasteiger partial charge is 0.114 e. The quantitative estimate of drug-likeness (QED) is 0.883. The fourth-order valence-electron chi connectivity index (χ4n) is 1.62. The first kappa shape index (κ1) is 11.3. The first-order chi connectivity index (χ1) is 7.70. The van der Waals surface area contributed by atoms with Crippen molar-refractivity contribution in [1.82, 2.24) is 4.98 Å². The molecule has 1 unspecified atom stereocenters. The number of nitrogens with two attached hydrogens (primary N) is 1. The van der Waals surface area contributed by atoms with Gasteiger partial charge < -0.3 is 5.73 Å². The van der Waals surface area contributed by atoms with Crippen LogP contribution in [-0.2, 0) is 6.42 Å². The maximum Gasteiger partial charge on any atom is 0.114 e. The molecule has 2 aromatic rings. The number of hydrogen-bond acceptors (Lipinski definition) is 3. The number of rotatable bonds is 3. The van der Waals surface area contributed by atoms with Crippen LogP contribution in [0.2, 0.25) is 0 Å². The van der Waals surface area contributed by atoms with Crippen LogP contribution in [0.3, 0.4) is 0 Å². The molecule has 0 amide bonds. The summed E-state index contributed by atoms with van der Waals surface area (Å²) in [5.41, 5.74) is 8.64. The van der Waals surface area contributed by atoms with Crippen LogP contribution in [0, 0.1) is 6.92 Å². The summed E-state index contributed by atoms with van der Waals surface area (Å²) in [7, 11) is 0. The predicted octanol–water partition coefficient (Wildman–Crippen LogP) is 3.06. The van der Waals surface area contributed by atoms with E-state index in [0.29, 0.717) is 0 Å². The van der Waals surface area contributed by atoms with E-state index >= 15 is 0 Å². The van der Waals surface area contributed by atoms with Crippen LogP contribution in [-0.4, -0.2) is 4.98 Å². The van der Waals surface area contributed by atoms with Crippen LogP contribution in [0.1, 0.15) is 34.0 Å². The summed E-state index contributed by atoms with van der Waals surface area (Å²) in [5, 5.41) is 0.988. The van der Waals surface area contributed by atoms with Crippen LogP contribution in [0.25, 0.3) is 0 Å². The maximum atomic E-state index is 6.17. The molecule has 0 radical (unpaired) electrons. The van der Waals surface area contributed by atoms with Crippen molar-refractivity contribution in [3.8, 4) is 0 Å². The molecule has 2 nitrogen and oxygen atoms in total. The number of nitrogens with zero attached hydrogens (tertiary/aromatic N) is 1. The van der Waals surface area contributed by atoms with E-state index in [2.05, 4.69) is 36.2 Å². The van der Waals surface area contributed by atoms with Gasteiger partial charge in [0.2, 0.25) is 0 Å². The summed E-state index contributed by atoms with van der Waals surface area (Å²) in [6.45, 7) is 4.20. The molecular weight excluding hydrogens is 216 g/mol. The lowest BCUT2D eigenvalue weighted by Crippen LogP contribution is -2.11. The van der Waals surface area contributed by atoms with Crippen LogP contribution < -0.4 is 5.73 Å². The van der Waals surface area contributed by atoms with E-state index in [1.807, 2.05) is 13.1 Å². The van der Waals surface area contributed by atoms with E-state index in [-0.39, 0.29) is 6.04 Å². The summed E-state index contributed by atoms with van der Waals surface area (Å²) in [5.74, 6) is 0. The van der Waals surface area contributed by atoms with Crippen LogP contribution in [0.4, 0.5) is 0 Å². The second-order valence-corrected chi connectivity index (χ2v) is 5.15. The molecule has 0 saturated carbocycles. The highest BCUT2D eigenvalue weighted by molar-refractivity contribution is 7.11. The van der Waals surface area contributed by atoms with Gasteiger partial charge >= 0.3 is 0 Å². The van der Waals surface area contributed by atoms with Gasteiger partial charge in [-0.3, -0.25) is 0 Å². The summed E-state index contributed by atoms with van der Waals surface area (Å²) in [4.78, 5) is 5.53. The molecule has 1 atom stereocenters. The van der Waals surface area contributed by atoms with Crippen molar-refractivity contribution >= 4 is 11.3 Å². The van der Waals surface area contributed by atoms with E-state index in [0.717, 1.165) is 17.0 Å². The third kappa shape index (κ3) is 2.31. The van der Waals surface area contributed by atoms with Gasteiger partial charge in [-0.1, -0.05) is 31.2 Å². The Balaban J connectivity index is 2.23. The van der Waals surface area contributed by atoms with Gasteiger partial charge in [0.1, 0.15) is 5.01 Å². The van der Waals surface area contributed by atoms with E-state index < -0.39 is 0 Å². The van der Waals surface area contributed by atoms with Gasteiger partial charge in [0, 0.05) is 11.1 Å². The lowest BCUT2D eigenvalue weighted by Gasteiger charge is -2.09. The molecule has 84 valence electrons. The normalized spacial score (nSPS) is 12.7. The van der Waals surface area contributed by atoms with E-state index in [1.165, 1.54) is 10.4 Å².